The van der Waals surface area contributed by atoms with E-state index in [1.54, 1.807) is 11.1 Å². The number of carbonyl (C=O) groups is 3. The van der Waals surface area contributed by atoms with Crippen LogP contribution in [0.4, 0.5) is 10.6 Å². The molecule has 41 heavy (non-hydrogen) atoms. The molecule has 3 aromatic carbocycles. The van der Waals surface area contributed by atoms with Gasteiger partial charge in [0.1, 0.15) is 24.5 Å². The van der Waals surface area contributed by atoms with Crippen molar-refractivity contribution in [3.63, 3.8) is 0 Å². The van der Waals surface area contributed by atoms with Crippen LogP contribution < -0.4 is 16.4 Å². The van der Waals surface area contributed by atoms with Gasteiger partial charge in [0.05, 0.1) is 0 Å². The van der Waals surface area contributed by atoms with Crippen LogP contribution in [0.5, 0.6) is 0 Å². The number of likely N-dealkylation sites (tertiary alicyclic amines) is 1. The third-order valence-corrected chi connectivity index (χ3v) is 7.25. The molecule has 1 fully saturated rings. The number of rotatable bonds is 9. The lowest BCUT2D eigenvalue weighted by molar-refractivity contribution is -0.140. The molecule has 3 amide bonds. The Morgan fingerprint density at radius 3 is 2.44 bits per heavy atom. The molecule has 0 aliphatic carbocycles. The molecule has 4 aromatic rings. The number of pyridine rings is 1. The Labute approximate surface area is 238 Å². The minimum absolute atomic E-state index is 0.0875. The molecular weight excluding hydrogens is 518 g/mol. The van der Waals surface area contributed by atoms with E-state index in [2.05, 4.69) is 15.6 Å². The van der Waals surface area contributed by atoms with Gasteiger partial charge in [-0.2, -0.15) is 0 Å². The fourth-order valence-electron chi connectivity index (χ4n) is 5.12. The van der Waals surface area contributed by atoms with Gasteiger partial charge in [0.15, 0.2) is 0 Å². The maximum atomic E-state index is 13.8. The number of nitrogens with one attached hydrogen (secondary N) is 2. The highest BCUT2D eigenvalue weighted by Gasteiger charge is 2.37. The average molecular weight is 552 g/mol. The number of carbonyl (C=O) groups excluding carboxylic acids is 3. The molecule has 2 atom stereocenters. The largest absolute Gasteiger partial charge is 0.445 e. The van der Waals surface area contributed by atoms with Gasteiger partial charge in [-0.05, 0) is 47.1 Å². The summed E-state index contributed by atoms with van der Waals surface area (Å²) in [6, 6.07) is 24.9. The van der Waals surface area contributed by atoms with Crippen LogP contribution in [0.2, 0.25) is 0 Å². The third-order valence-electron chi connectivity index (χ3n) is 7.25. The van der Waals surface area contributed by atoms with Crippen LogP contribution in [0.25, 0.3) is 10.8 Å². The van der Waals surface area contributed by atoms with Gasteiger partial charge in [0.25, 0.3) is 0 Å². The summed E-state index contributed by atoms with van der Waals surface area (Å²) in [5, 5.41) is 7.52. The molecule has 1 aliphatic rings. The van der Waals surface area contributed by atoms with Crippen molar-refractivity contribution in [2.45, 2.75) is 44.5 Å². The normalized spacial score (nSPS) is 15.3. The summed E-state index contributed by atoms with van der Waals surface area (Å²) in [6.07, 6.45) is 2.49. The number of benzene rings is 3. The van der Waals surface area contributed by atoms with Crippen molar-refractivity contribution in [2.24, 2.45) is 0 Å². The van der Waals surface area contributed by atoms with E-state index in [0.29, 0.717) is 31.7 Å². The number of fused-ring (bicyclic) bond motifs is 1. The molecule has 4 N–H and O–H groups in total. The molecule has 210 valence electrons. The highest BCUT2D eigenvalue weighted by molar-refractivity contribution is 5.93. The van der Waals surface area contributed by atoms with Crippen LogP contribution in [0.3, 0.4) is 0 Å². The highest BCUT2D eigenvalue weighted by atomic mass is 16.5. The average Bonchev–Trinajstić information content (AvgIpc) is 3.50. The van der Waals surface area contributed by atoms with Crippen LogP contribution in [0, 0.1) is 0 Å². The van der Waals surface area contributed by atoms with Crippen LogP contribution >= 0.6 is 0 Å². The molecule has 0 spiro atoms. The van der Waals surface area contributed by atoms with E-state index < -0.39 is 18.2 Å². The molecule has 2 heterocycles. The zero-order valence-electron chi connectivity index (χ0n) is 22.7. The predicted octanol–water partition coefficient (Wildman–Crippen LogP) is 3.96. The number of amides is 3. The number of nitrogens with zero attached hydrogens (tertiary/aromatic N) is 2. The number of hydrogen-bond acceptors (Lipinski definition) is 6. The van der Waals surface area contributed by atoms with Gasteiger partial charge in [0, 0.05) is 31.1 Å². The summed E-state index contributed by atoms with van der Waals surface area (Å²) in [6.45, 7) is 0.810. The lowest BCUT2D eigenvalue weighted by Crippen LogP contribution is -2.54. The van der Waals surface area contributed by atoms with Crippen molar-refractivity contribution in [1.29, 1.82) is 0 Å². The monoisotopic (exact) mass is 551 g/mol. The van der Waals surface area contributed by atoms with Crippen molar-refractivity contribution in [3.05, 3.63) is 108 Å². The Bertz CT molecular complexity index is 1510. The van der Waals surface area contributed by atoms with E-state index in [1.807, 2.05) is 84.9 Å². The first-order valence-corrected chi connectivity index (χ1v) is 13.7. The van der Waals surface area contributed by atoms with Crippen LogP contribution in [-0.2, 0) is 33.9 Å². The fourth-order valence-corrected chi connectivity index (χ4v) is 5.12. The van der Waals surface area contributed by atoms with Crippen molar-refractivity contribution in [3.8, 4) is 0 Å². The number of aromatic nitrogens is 1. The van der Waals surface area contributed by atoms with Crippen LogP contribution in [0.15, 0.2) is 91.1 Å². The summed E-state index contributed by atoms with van der Waals surface area (Å²) >= 11 is 0. The highest BCUT2D eigenvalue weighted by Crippen LogP contribution is 2.22. The Hall–Kier alpha value is -4.92. The Morgan fingerprint density at radius 1 is 0.951 bits per heavy atom. The van der Waals surface area contributed by atoms with Gasteiger partial charge in [-0.1, -0.05) is 72.8 Å². The van der Waals surface area contributed by atoms with E-state index in [4.69, 9.17) is 10.5 Å². The maximum absolute atomic E-state index is 13.8. The molecular formula is C32H33N5O4. The summed E-state index contributed by atoms with van der Waals surface area (Å²) in [4.78, 5) is 45.5. The van der Waals surface area contributed by atoms with E-state index in [9.17, 15) is 14.4 Å². The number of alkyl carbamates (subject to hydrolysis) is 1. The second-order valence-corrected chi connectivity index (χ2v) is 10.1. The Morgan fingerprint density at radius 2 is 1.68 bits per heavy atom. The molecule has 5 rings (SSSR count). The van der Waals surface area contributed by atoms with E-state index >= 15 is 0 Å². The summed E-state index contributed by atoms with van der Waals surface area (Å²) < 4.78 is 5.40. The lowest BCUT2D eigenvalue weighted by Gasteiger charge is -2.28. The van der Waals surface area contributed by atoms with Crippen LogP contribution in [-0.4, -0.2) is 46.4 Å². The topological polar surface area (TPSA) is 127 Å². The molecule has 0 radical (unpaired) electrons. The second-order valence-electron chi connectivity index (χ2n) is 10.1. The lowest BCUT2D eigenvalue weighted by atomic mass is 10.0. The zero-order valence-corrected chi connectivity index (χ0v) is 22.7. The Balaban J connectivity index is 1.25. The molecule has 1 aliphatic heterocycles. The Kier molecular flexibility index (Phi) is 8.73. The quantitative estimate of drug-likeness (QED) is 0.289. The van der Waals surface area contributed by atoms with Gasteiger partial charge in [-0.25, -0.2) is 9.78 Å². The van der Waals surface area contributed by atoms with E-state index in [0.717, 1.165) is 27.5 Å². The van der Waals surface area contributed by atoms with Gasteiger partial charge in [0.2, 0.25) is 11.8 Å². The number of hydrogen-bond donors (Lipinski definition) is 3. The van der Waals surface area contributed by atoms with E-state index in [-0.39, 0.29) is 24.8 Å². The molecule has 9 heteroatoms. The third kappa shape index (κ3) is 7.00. The van der Waals surface area contributed by atoms with Crippen molar-refractivity contribution >= 4 is 34.5 Å². The smallest absolute Gasteiger partial charge is 0.408 e. The second kappa shape index (κ2) is 13.0. The molecule has 0 saturated carbocycles. The van der Waals surface area contributed by atoms with E-state index in [1.165, 1.54) is 0 Å². The number of ether oxygens (including phenoxy) is 1. The number of nitrogens with two attached hydrogens (primary N) is 1. The summed E-state index contributed by atoms with van der Waals surface area (Å²) in [5.41, 5.74) is 8.63. The molecule has 0 bridgehead atoms. The molecule has 1 aromatic heterocycles. The van der Waals surface area contributed by atoms with Crippen molar-refractivity contribution < 1.29 is 19.1 Å². The molecule has 1 unspecified atom stereocenters. The number of anilines is 1. The van der Waals surface area contributed by atoms with Gasteiger partial charge in [-0.15, -0.1) is 0 Å². The SMILES string of the molecule is Nc1nccc2ccc(CNC(=O)C3CCCN3C(=O)[C@@H](Cc3ccccc3)NC(=O)OCc3ccccc3)cc12. The summed E-state index contributed by atoms with van der Waals surface area (Å²) in [7, 11) is 0. The minimum atomic E-state index is -0.884. The maximum Gasteiger partial charge on any atom is 0.408 e. The van der Waals surface area contributed by atoms with Gasteiger partial charge < -0.3 is 26.0 Å². The van der Waals surface area contributed by atoms with Gasteiger partial charge in [-0.3, -0.25) is 9.59 Å². The van der Waals surface area contributed by atoms with Crippen molar-refractivity contribution in [2.75, 3.05) is 12.3 Å². The fraction of sp³-hybridized carbons (Fsp3) is 0.250. The van der Waals surface area contributed by atoms with Gasteiger partial charge >= 0.3 is 6.09 Å². The van der Waals surface area contributed by atoms with Crippen molar-refractivity contribution in [1.82, 2.24) is 20.5 Å². The standard InChI is InChI=1S/C32H33N5O4/c33-29-26-18-24(13-14-25(26)15-16-34-29)20-35-30(38)28-12-7-17-37(28)31(39)27(19-22-8-3-1-4-9-22)36-32(40)41-21-23-10-5-2-6-11-23/h1-6,8-11,13-16,18,27-28H,7,12,17,19-21H2,(H2,33,34)(H,35,38)(H,36,40)/t27-,28?/m1/s1. The first kappa shape index (κ1) is 27.6. The predicted molar refractivity (Wildman–Crippen MR) is 156 cm³/mol. The number of nitrogen functional groups attached to an aromatic ring is 1. The molecule has 1 saturated heterocycles. The first-order chi connectivity index (χ1) is 20.0. The molecule has 9 nitrogen and oxygen atoms in total. The first-order valence-electron chi connectivity index (χ1n) is 13.7. The van der Waals surface area contributed by atoms with Crippen LogP contribution in [0.1, 0.15) is 29.5 Å². The zero-order chi connectivity index (χ0) is 28.6. The minimum Gasteiger partial charge on any atom is -0.445 e. The summed E-state index contributed by atoms with van der Waals surface area (Å²) in [5.74, 6) is -0.115.